The van der Waals surface area contributed by atoms with E-state index in [1.165, 1.54) is 37.9 Å². The summed E-state index contributed by atoms with van der Waals surface area (Å²) in [5.74, 6) is 1.75. The Kier molecular flexibility index (Phi) is 4.19. The molecule has 0 aromatic carbocycles. The summed E-state index contributed by atoms with van der Waals surface area (Å²) in [5.41, 5.74) is -1.26. The minimum Gasteiger partial charge on any atom is -0.352 e. The molecule has 0 radical (unpaired) electrons. The number of pyridine rings is 1. The van der Waals surface area contributed by atoms with Crippen LogP contribution >= 0.6 is 0 Å². The molecule has 0 spiro atoms. The van der Waals surface area contributed by atoms with Crippen molar-refractivity contribution in [2.45, 2.75) is 45.2 Å². The Labute approximate surface area is 133 Å². The molecule has 2 aliphatic carbocycles. The lowest BCUT2D eigenvalue weighted by atomic mass is 9.84. The summed E-state index contributed by atoms with van der Waals surface area (Å²) in [7, 11) is 0. The van der Waals surface area contributed by atoms with Gasteiger partial charge in [0.05, 0.1) is 4.92 Å². The monoisotopic (exact) mass is 319 g/mol. The highest BCUT2D eigenvalue weighted by Crippen LogP contribution is 2.49. The Hall–Kier alpha value is -2.18. The Morgan fingerprint density at radius 3 is 2.87 bits per heavy atom. The molecule has 7 nitrogen and oxygen atoms in total. The number of hydrogen-bond acceptors (Lipinski definition) is 4. The van der Waals surface area contributed by atoms with Gasteiger partial charge in [-0.1, -0.05) is 6.42 Å². The van der Waals surface area contributed by atoms with Crippen LogP contribution in [0.3, 0.4) is 0 Å². The third-order valence-corrected chi connectivity index (χ3v) is 5.33. The lowest BCUT2D eigenvalue weighted by Gasteiger charge is -2.28. The second-order valence-corrected chi connectivity index (χ2v) is 6.78. The molecule has 2 fully saturated rings. The van der Waals surface area contributed by atoms with Crippen LogP contribution in [0.1, 0.15) is 32.6 Å². The second-order valence-electron chi connectivity index (χ2n) is 6.78. The molecule has 23 heavy (non-hydrogen) atoms. The van der Waals surface area contributed by atoms with Crippen LogP contribution in [0.2, 0.25) is 0 Å². The van der Waals surface area contributed by atoms with Gasteiger partial charge in [0.25, 0.3) is 0 Å². The first-order valence-electron chi connectivity index (χ1n) is 8.09. The minimum absolute atomic E-state index is 0.0761. The van der Waals surface area contributed by atoms with Gasteiger partial charge < -0.3 is 9.88 Å². The summed E-state index contributed by atoms with van der Waals surface area (Å²) in [6.07, 6.45) is 6.40. The summed E-state index contributed by atoms with van der Waals surface area (Å²) in [6.45, 7) is 1.82. The number of aromatic nitrogens is 1. The van der Waals surface area contributed by atoms with E-state index in [9.17, 15) is 19.7 Å². The van der Waals surface area contributed by atoms with Crippen molar-refractivity contribution >= 4 is 11.6 Å². The summed E-state index contributed by atoms with van der Waals surface area (Å²) in [6, 6.07) is 2.63. The van der Waals surface area contributed by atoms with Crippen molar-refractivity contribution < 1.29 is 9.72 Å². The molecule has 1 aromatic heterocycles. The topological polar surface area (TPSA) is 94.2 Å². The van der Waals surface area contributed by atoms with Gasteiger partial charge in [0, 0.05) is 18.3 Å². The predicted octanol–water partition coefficient (Wildman–Crippen LogP) is 1.70. The van der Waals surface area contributed by atoms with Crippen LogP contribution in [0, 0.1) is 27.9 Å². The number of hydrogen-bond donors (Lipinski definition) is 1. The molecule has 7 heteroatoms. The van der Waals surface area contributed by atoms with Gasteiger partial charge in [-0.05, 0) is 50.0 Å². The van der Waals surface area contributed by atoms with Crippen molar-refractivity contribution in [3.63, 3.8) is 0 Å². The molecular formula is C16H21N3O4. The standard InChI is InChI=1S/C16H21N3O4/c1-10(13-8-11-4-5-12(13)7-11)17-15(20)9-18-6-2-3-14(16(18)21)19(22)23/h2-3,6,10-13H,4-5,7-9H2,1H3,(H,17,20)/t10-,11+,12+,13+/m1/s1. The van der Waals surface area contributed by atoms with Gasteiger partial charge in [-0.15, -0.1) is 0 Å². The molecule has 0 aliphatic heterocycles. The van der Waals surface area contributed by atoms with E-state index in [0.29, 0.717) is 11.8 Å². The van der Waals surface area contributed by atoms with E-state index in [4.69, 9.17) is 0 Å². The van der Waals surface area contributed by atoms with Crippen LogP contribution in [0.15, 0.2) is 23.1 Å². The molecule has 4 atom stereocenters. The number of nitrogens with zero attached hydrogens (tertiary/aromatic N) is 2. The van der Waals surface area contributed by atoms with Gasteiger partial charge in [-0.3, -0.25) is 19.7 Å². The van der Waals surface area contributed by atoms with Crippen molar-refractivity contribution in [2.24, 2.45) is 17.8 Å². The fourth-order valence-corrected chi connectivity index (χ4v) is 4.26. The Bertz CT molecular complexity index is 684. The lowest BCUT2D eigenvalue weighted by molar-refractivity contribution is -0.386. The predicted molar refractivity (Wildman–Crippen MR) is 83.9 cm³/mol. The number of nitro groups is 1. The van der Waals surface area contributed by atoms with Crippen LogP contribution in [-0.2, 0) is 11.3 Å². The average molecular weight is 319 g/mol. The van der Waals surface area contributed by atoms with Crippen molar-refractivity contribution in [1.82, 2.24) is 9.88 Å². The smallest absolute Gasteiger partial charge is 0.334 e. The zero-order valence-electron chi connectivity index (χ0n) is 13.1. The Balaban J connectivity index is 1.62. The molecule has 1 N–H and O–H groups in total. The summed E-state index contributed by atoms with van der Waals surface area (Å²) >= 11 is 0. The van der Waals surface area contributed by atoms with Gasteiger partial charge in [0.15, 0.2) is 0 Å². The summed E-state index contributed by atoms with van der Waals surface area (Å²) in [4.78, 5) is 34.2. The number of nitrogens with one attached hydrogen (secondary N) is 1. The number of rotatable bonds is 5. The van der Waals surface area contributed by atoms with E-state index in [1.807, 2.05) is 6.92 Å². The van der Waals surface area contributed by atoms with Crippen molar-refractivity contribution in [2.75, 3.05) is 0 Å². The van der Waals surface area contributed by atoms with E-state index in [1.54, 1.807) is 0 Å². The van der Waals surface area contributed by atoms with Gasteiger partial charge >= 0.3 is 11.2 Å². The van der Waals surface area contributed by atoms with Gasteiger partial charge in [-0.25, -0.2) is 0 Å². The Morgan fingerprint density at radius 2 is 2.26 bits per heavy atom. The van der Waals surface area contributed by atoms with Crippen LogP contribution in [0.4, 0.5) is 5.69 Å². The summed E-state index contributed by atoms with van der Waals surface area (Å²) < 4.78 is 1.08. The zero-order valence-corrected chi connectivity index (χ0v) is 13.1. The lowest BCUT2D eigenvalue weighted by Crippen LogP contribution is -2.42. The average Bonchev–Trinajstić information content (AvgIpc) is 3.11. The number of carbonyl (C=O) groups excluding carboxylic acids is 1. The van der Waals surface area contributed by atoms with E-state index in [0.717, 1.165) is 16.6 Å². The molecule has 2 saturated carbocycles. The first-order chi connectivity index (χ1) is 11.0. The molecule has 2 aliphatic rings. The maximum absolute atomic E-state index is 12.2. The van der Waals surface area contributed by atoms with Crippen LogP contribution in [-0.4, -0.2) is 21.4 Å². The molecule has 124 valence electrons. The quantitative estimate of drug-likeness (QED) is 0.660. The van der Waals surface area contributed by atoms with E-state index < -0.39 is 16.2 Å². The number of amides is 1. The van der Waals surface area contributed by atoms with E-state index in [-0.39, 0.29) is 18.5 Å². The second kappa shape index (κ2) is 6.14. The van der Waals surface area contributed by atoms with Gasteiger partial charge in [0.2, 0.25) is 5.91 Å². The maximum atomic E-state index is 12.2. The van der Waals surface area contributed by atoms with Crippen LogP contribution in [0.5, 0.6) is 0 Å². The molecule has 3 rings (SSSR count). The minimum atomic E-state index is -0.750. The van der Waals surface area contributed by atoms with Gasteiger partial charge in [-0.2, -0.15) is 0 Å². The third kappa shape index (κ3) is 3.13. The van der Waals surface area contributed by atoms with E-state index in [2.05, 4.69) is 5.32 Å². The first-order valence-corrected chi connectivity index (χ1v) is 8.09. The van der Waals surface area contributed by atoms with E-state index >= 15 is 0 Å². The highest BCUT2D eigenvalue weighted by Gasteiger charge is 2.42. The highest BCUT2D eigenvalue weighted by molar-refractivity contribution is 5.76. The highest BCUT2D eigenvalue weighted by atomic mass is 16.6. The maximum Gasteiger partial charge on any atom is 0.334 e. The van der Waals surface area contributed by atoms with Crippen molar-refractivity contribution in [3.8, 4) is 0 Å². The normalized spacial score (nSPS) is 26.9. The SMILES string of the molecule is C[C@@H](NC(=O)Cn1cccc([N+](=O)[O-])c1=O)[C@@H]1C[C@H]2CC[C@H]1C2. The molecule has 1 heterocycles. The van der Waals surface area contributed by atoms with Crippen LogP contribution in [0.25, 0.3) is 0 Å². The van der Waals surface area contributed by atoms with Crippen molar-refractivity contribution in [1.29, 1.82) is 0 Å². The number of fused-ring (bicyclic) bond motifs is 2. The molecule has 1 aromatic rings. The first kappa shape index (κ1) is 15.7. The van der Waals surface area contributed by atoms with Gasteiger partial charge in [0.1, 0.15) is 6.54 Å². The zero-order chi connectivity index (χ0) is 16.6. The third-order valence-electron chi connectivity index (χ3n) is 5.33. The molecule has 2 bridgehead atoms. The molecule has 0 unspecified atom stereocenters. The fourth-order valence-electron chi connectivity index (χ4n) is 4.26. The van der Waals surface area contributed by atoms with Crippen molar-refractivity contribution in [3.05, 3.63) is 38.8 Å². The number of carbonyl (C=O) groups is 1. The van der Waals surface area contributed by atoms with Crippen LogP contribution < -0.4 is 10.9 Å². The molecule has 0 saturated heterocycles. The molecule has 1 amide bonds. The molecular weight excluding hydrogens is 298 g/mol. The Morgan fingerprint density at radius 1 is 1.48 bits per heavy atom. The largest absolute Gasteiger partial charge is 0.352 e. The fraction of sp³-hybridized carbons (Fsp3) is 0.625. The summed E-state index contributed by atoms with van der Waals surface area (Å²) in [5, 5.41) is 13.7.